The van der Waals surface area contributed by atoms with Crippen LogP contribution in [0.25, 0.3) is 0 Å². The average molecular weight is 627 g/mol. The number of aliphatic hydroxyl groups is 1. The van der Waals surface area contributed by atoms with Gasteiger partial charge in [-0.1, -0.05) is 42.5 Å². The monoisotopic (exact) mass is 627 g/mol. The van der Waals surface area contributed by atoms with Gasteiger partial charge >= 0.3 is 12.1 Å². The highest BCUT2D eigenvalue weighted by Gasteiger charge is 2.58. The predicted molar refractivity (Wildman–Crippen MR) is 130 cm³/mol. The number of rotatable bonds is 10. The van der Waals surface area contributed by atoms with E-state index in [9.17, 15) is 35.8 Å². The van der Waals surface area contributed by atoms with Crippen LogP contribution in [0.4, 0.5) is 36.4 Å². The van der Waals surface area contributed by atoms with Crippen LogP contribution < -0.4 is 9.64 Å². The topological polar surface area (TPSA) is 32.7 Å². The van der Waals surface area contributed by atoms with E-state index in [-0.39, 0.29) is 18.7 Å². The van der Waals surface area contributed by atoms with E-state index in [2.05, 4.69) is 0 Å². The highest BCUT2D eigenvalue weighted by molar-refractivity contribution is 14.1. The van der Waals surface area contributed by atoms with E-state index in [0.717, 1.165) is 28.7 Å². The Kier molecular flexibility index (Phi) is 8.75. The summed E-state index contributed by atoms with van der Waals surface area (Å²) in [7, 11) is 0. The lowest BCUT2D eigenvalue weighted by atomic mass is 10.0. The molecule has 3 aromatic carbocycles. The van der Waals surface area contributed by atoms with E-state index in [1.54, 1.807) is 54.6 Å². The van der Waals surface area contributed by atoms with E-state index in [1.807, 2.05) is 0 Å². The van der Waals surface area contributed by atoms with Crippen molar-refractivity contribution < 1.29 is 40.6 Å². The molecule has 1 N–H and O–H groups in total. The minimum absolute atomic E-state index is 0.0687. The third kappa shape index (κ3) is 7.73. The van der Waals surface area contributed by atoms with Crippen LogP contribution in [-0.4, -0.2) is 27.9 Å². The summed E-state index contributed by atoms with van der Waals surface area (Å²) in [5, 5.41) is 10.3. The van der Waals surface area contributed by atoms with Gasteiger partial charge in [-0.15, -0.1) is 0 Å². The van der Waals surface area contributed by atoms with E-state index in [4.69, 9.17) is 4.74 Å². The predicted octanol–water partition coefficient (Wildman–Crippen LogP) is 7.92. The number of anilines is 1. The summed E-state index contributed by atoms with van der Waals surface area (Å²) < 4.78 is 95.8. The van der Waals surface area contributed by atoms with E-state index in [0.29, 0.717) is 29.3 Å². The Balaban J connectivity index is 1.91. The molecule has 0 aliphatic carbocycles. The minimum atomic E-state index is -5.78. The maximum Gasteiger partial charge on any atom is 0.458 e. The van der Waals surface area contributed by atoms with Gasteiger partial charge < -0.3 is 14.7 Å². The first-order valence-electron chi connectivity index (χ1n) is 10.6. The second kappa shape index (κ2) is 11.2. The number of ether oxygens (including phenoxy) is 1. The molecule has 0 fully saturated rings. The van der Waals surface area contributed by atoms with Crippen LogP contribution in [0.2, 0.25) is 0 Å². The van der Waals surface area contributed by atoms with Crippen LogP contribution in [0.3, 0.4) is 0 Å². The number of halogens is 8. The van der Waals surface area contributed by atoms with Gasteiger partial charge in [-0.25, -0.2) is 0 Å². The molecule has 11 heteroatoms. The Morgan fingerprint density at radius 3 is 2.08 bits per heavy atom. The summed E-state index contributed by atoms with van der Waals surface area (Å²) in [5.41, 5.74) is -0.792. The zero-order valence-electron chi connectivity index (χ0n) is 18.5. The Hall–Kier alpha value is -2.54. The van der Waals surface area contributed by atoms with Gasteiger partial charge in [0, 0.05) is 36.8 Å². The maximum atomic E-state index is 13.9. The molecule has 3 rings (SSSR count). The standard InChI is InChI=1S/C25H21F7INO2/c26-23(27,33)14-20(35)16-34(15-17-6-4-7-18(12-17)24(28,29)25(30,31)32)19-8-5-11-22(13-19)36-21-9-2-1-3-10-21/h1-13,20,35H,14-16H2/t20-/m0/s1. The van der Waals surface area contributed by atoms with Crippen LogP contribution in [0, 0.1) is 0 Å². The normalized spacial score (nSPS) is 13.4. The van der Waals surface area contributed by atoms with Crippen molar-refractivity contribution in [2.24, 2.45) is 0 Å². The number of nitrogens with zero attached hydrogens (tertiary/aromatic N) is 1. The number of hydrogen-bond acceptors (Lipinski definition) is 3. The number of benzene rings is 3. The molecule has 0 saturated carbocycles. The molecule has 3 aromatic rings. The molecule has 0 unspecified atom stereocenters. The van der Waals surface area contributed by atoms with Gasteiger partial charge in [0.05, 0.1) is 6.10 Å². The largest absolute Gasteiger partial charge is 0.458 e. The fourth-order valence-corrected chi connectivity index (χ4v) is 3.97. The van der Waals surface area contributed by atoms with Gasteiger partial charge in [-0.2, -0.15) is 30.7 Å². The maximum absolute atomic E-state index is 13.9. The lowest BCUT2D eigenvalue weighted by Crippen LogP contribution is -2.35. The molecule has 0 aliphatic heterocycles. The van der Waals surface area contributed by atoms with Crippen LogP contribution in [-0.2, 0) is 12.5 Å². The van der Waals surface area contributed by atoms with Crippen molar-refractivity contribution in [3.63, 3.8) is 0 Å². The number of hydrogen-bond donors (Lipinski definition) is 1. The van der Waals surface area contributed by atoms with Gasteiger partial charge in [0.15, 0.2) is 0 Å². The smallest absolute Gasteiger partial charge is 0.457 e. The molecular weight excluding hydrogens is 606 g/mol. The molecule has 1 atom stereocenters. The second-order valence-corrected chi connectivity index (χ2v) is 9.62. The lowest BCUT2D eigenvalue weighted by Gasteiger charge is -2.29. The van der Waals surface area contributed by atoms with Crippen LogP contribution in [0.1, 0.15) is 17.5 Å². The van der Waals surface area contributed by atoms with Gasteiger partial charge in [-0.3, -0.25) is 0 Å². The van der Waals surface area contributed by atoms with Gasteiger partial charge in [0.1, 0.15) is 11.5 Å². The first-order valence-corrected chi connectivity index (χ1v) is 11.7. The van der Waals surface area contributed by atoms with Crippen molar-refractivity contribution in [2.75, 3.05) is 11.4 Å². The van der Waals surface area contributed by atoms with E-state index >= 15 is 0 Å². The lowest BCUT2D eigenvalue weighted by molar-refractivity contribution is -0.289. The summed E-state index contributed by atoms with van der Waals surface area (Å²) in [6.45, 7) is -0.576. The highest BCUT2D eigenvalue weighted by Crippen LogP contribution is 2.44. The third-order valence-electron chi connectivity index (χ3n) is 5.08. The summed E-state index contributed by atoms with van der Waals surface area (Å²) in [6.07, 6.45) is -8.18. The van der Waals surface area contributed by atoms with Crippen molar-refractivity contribution in [3.8, 4) is 11.5 Å². The number of aliphatic hydroxyl groups excluding tert-OH is 1. The SMILES string of the molecule is O[C@H](CN(Cc1cccc(C(F)(F)C(F)(F)F)c1)c1cccc(Oc2ccccc2)c1)CC(F)(F)I. The van der Waals surface area contributed by atoms with E-state index in [1.165, 1.54) is 11.0 Å². The number of para-hydroxylation sites is 1. The fraction of sp³-hybridized carbons (Fsp3) is 0.280. The first-order chi connectivity index (χ1) is 16.7. The molecule has 3 nitrogen and oxygen atoms in total. The Labute approximate surface area is 216 Å². The molecule has 194 valence electrons. The van der Waals surface area contributed by atoms with Gasteiger partial charge in [0.25, 0.3) is 3.93 Å². The molecule has 0 aromatic heterocycles. The molecule has 36 heavy (non-hydrogen) atoms. The zero-order valence-corrected chi connectivity index (χ0v) is 20.7. The molecule has 0 bridgehead atoms. The Morgan fingerprint density at radius 1 is 0.806 bits per heavy atom. The van der Waals surface area contributed by atoms with Crippen LogP contribution in [0.15, 0.2) is 78.9 Å². The molecule has 0 radical (unpaired) electrons. The highest BCUT2D eigenvalue weighted by atomic mass is 127. The van der Waals surface area contributed by atoms with Gasteiger partial charge in [-0.05, 0) is 58.5 Å². The number of alkyl halides is 8. The first kappa shape index (κ1) is 28.0. The Bertz CT molecular complexity index is 1140. The van der Waals surface area contributed by atoms with Crippen molar-refractivity contribution in [2.45, 2.75) is 35.1 Å². The van der Waals surface area contributed by atoms with Crippen molar-refractivity contribution >= 4 is 28.3 Å². The van der Waals surface area contributed by atoms with Crippen LogP contribution >= 0.6 is 22.6 Å². The van der Waals surface area contributed by atoms with Crippen molar-refractivity contribution in [1.29, 1.82) is 0 Å². The quantitative estimate of drug-likeness (QED) is 0.141. The third-order valence-corrected chi connectivity index (χ3v) is 5.52. The average Bonchev–Trinajstić information content (AvgIpc) is 2.78. The molecule has 0 spiro atoms. The van der Waals surface area contributed by atoms with Crippen molar-refractivity contribution in [3.05, 3.63) is 90.0 Å². The van der Waals surface area contributed by atoms with Crippen LogP contribution in [0.5, 0.6) is 11.5 Å². The van der Waals surface area contributed by atoms with Gasteiger partial charge in [0.2, 0.25) is 0 Å². The molecule has 0 heterocycles. The molecular formula is C25H21F7INO2. The summed E-state index contributed by atoms with van der Waals surface area (Å²) in [5.74, 6) is -4.18. The molecule has 0 saturated heterocycles. The second-order valence-electron chi connectivity index (χ2n) is 8.04. The molecule has 0 aliphatic rings. The summed E-state index contributed by atoms with van der Waals surface area (Å²) in [4.78, 5) is 1.41. The summed E-state index contributed by atoms with van der Waals surface area (Å²) >= 11 is 0.893. The zero-order chi connectivity index (χ0) is 26.6. The Morgan fingerprint density at radius 2 is 1.44 bits per heavy atom. The minimum Gasteiger partial charge on any atom is -0.457 e. The van der Waals surface area contributed by atoms with Crippen molar-refractivity contribution in [1.82, 2.24) is 0 Å². The summed E-state index contributed by atoms with van der Waals surface area (Å²) in [6, 6.07) is 18.9. The fourth-order valence-electron chi connectivity index (χ4n) is 3.46. The molecule has 0 amide bonds. The van der Waals surface area contributed by atoms with E-state index < -0.39 is 34.1 Å².